The molecule has 94 valence electrons. The molecule has 0 amide bonds. The van der Waals surface area contributed by atoms with Crippen LogP contribution in [0.3, 0.4) is 0 Å². The average molecular weight is 314 g/mol. The van der Waals surface area contributed by atoms with E-state index in [1.54, 1.807) is 0 Å². The normalized spacial score (nSPS) is 10.6. The maximum absolute atomic E-state index is 4.57. The first kappa shape index (κ1) is 12.1. The van der Waals surface area contributed by atoms with Crippen molar-refractivity contribution in [3.05, 3.63) is 58.6 Å². The molecule has 0 saturated carbocycles. The third-order valence-corrected chi connectivity index (χ3v) is 3.90. The van der Waals surface area contributed by atoms with Gasteiger partial charge < -0.3 is 0 Å². The molecule has 0 aliphatic rings. The summed E-state index contributed by atoms with van der Waals surface area (Å²) < 4.78 is 1.07. The summed E-state index contributed by atoms with van der Waals surface area (Å²) in [6.45, 7) is 2.06. The Morgan fingerprint density at radius 3 is 2.58 bits per heavy atom. The molecule has 1 aromatic heterocycles. The molecule has 2 aromatic carbocycles. The Bertz CT molecular complexity index is 704. The molecular weight excluding hydrogens is 302 g/mol. The molecule has 0 atom stereocenters. The first-order valence-electron chi connectivity index (χ1n) is 5.99. The van der Waals surface area contributed by atoms with E-state index in [4.69, 9.17) is 0 Å². The van der Waals surface area contributed by atoms with Crippen molar-refractivity contribution in [2.75, 3.05) is 0 Å². The second-order valence-corrected chi connectivity index (χ2v) is 5.14. The number of aromatic nitrogens is 3. The maximum Gasteiger partial charge on any atom is 0.181 e. The van der Waals surface area contributed by atoms with Crippen LogP contribution in [0.1, 0.15) is 5.56 Å². The van der Waals surface area contributed by atoms with Crippen LogP contribution in [0.5, 0.6) is 0 Å². The summed E-state index contributed by atoms with van der Waals surface area (Å²) in [4.78, 5) is 4.57. The van der Waals surface area contributed by atoms with Crippen LogP contribution in [0.4, 0.5) is 0 Å². The van der Waals surface area contributed by atoms with Gasteiger partial charge in [0.25, 0.3) is 0 Å². The zero-order chi connectivity index (χ0) is 13.2. The summed E-state index contributed by atoms with van der Waals surface area (Å²) in [5.41, 5.74) is 3.22. The van der Waals surface area contributed by atoms with Crippen molar-refractivity contribution in [3.63, 3.8) is 0 Å². The first-order valence-corrected chi connectivity index (χ1v) is 6.78. The quantitative estimate of drug-likeness (QED) is 0.770. The van der Waals surface area contributed by atoms with E-state index in [0.717, 1.165) is 32.8 Å². The lowest BCUT2D eigenvalue weighted by atomic mass is 10.1. The lowest BCUT2D eigenvalue weighted by Gasteiger charge is -2.03. The van der Waals surface area contributed by atoms with Gasteiger partial charge in [0.05, 0.1) is 0 Å². The number of H-pyrrole nitrogens is 1. The number of hydrogen-bond acceptors (Lipinski definition) is 2. The van der Waals surface area contributed by atoms with E-state index < -0.39 is 0 Å². The highest BCUT2D eigenvalue weighted by Crippen LogP contribution is 2.27. The average Bonchev–Trinajstić information content (AvgIpc) is 2.92. The molecule has 0 spiro atoms. The number of nitrogens with one attached hydrogen (secondary N) is 1. The number of benzene rings is 2. The van der Waals surface area contributed by atoms with Crippen molar-refractivity contribution in [1.82, 2.24) is 15.2 Å². The van der Waals surface area contributed by atoms with E-state index in [0.29, 0.717) is 0 Å². The van der Waals surface area contributed by atoms with Gasteiger partial charge >= 0.3 is 0 Å². The number of rotatable bonds is 2. The monoisotopic (exact) mass is 313 g/mol. The topological polar surface area (TPSA) is 41.6 Å². The molecule has 3 nitrogen and oxygen atoms in total. The SMILES string of the molecule is Cc1c(Br)cccc1-c1nc(-c2ccccc2)n[nH]1. The van der Waals surface area contributed by atoms with E-state index in [1.165, 1.54) is 0 Å². The van der Waals surface area contributed by atoms with Crippen LogP contribution in [0.15, 0.2) is 53.0 Å². The molecule has 0 unspecified atom stereocenters. The lowest BCUT2D eigenvalue weighted by molar-refractivity contribution is 1.10. The van der Waals surface area contributed by atoms with Gasteiger partial charge in [-0.25, -0.2) is 4.98 Å². The van der Waals surface area contributed by atoms with Crippen molar-refractivity contribution in [2.45, 2.75) is 6.92 Å². The number of halogens is 1. The highest BCUT2D eigenvalue weighted by Gasteiger charge is 2.10. The van der Waals surface area contributed by atoms with Crippen molar-refractivity contribution >= 4 is 15.9 Å². The molecule has 19 heavy (non-hydrogen) atoms. The molecule has 0 bridgehead atoms. The highest BCUT2D eigenvalue weighted by atomic mass is 79.9. The van der Waals surface area contributed by atoms with Crippen molar-refractivity contribution in [3.8, 4) is 22.8 Å². The number of aromatic amines is 1. The fraction of sp³-hybridized carbons (Fsp3) is 0.0667. The zero-order valence-electron chi connectivity index (χ0n) is 10.4. The van der Waals surface area contributed by atoms with E-state index in [9.17, 15) is 0 Å². The smallest absolute Gasteiger partial charge is 0.181 e. The largest absolute Gasteiger partial charge is 0.259 e. The van der Waals surface area contributed by atoms with Crippen LogP contribution in [0.25, 0.3) is 22.8 Å². The van der Waals surface area contributed by atoms with E-state index in [1.807, 2.05) is 48.5 Å². The van der Waals surface area contributed by atoms with Crippen molar-refractivity contribution < 1.29 is 0 Å². The molecule has 0 aliphatic carbocycles. The summed E-state index contributed by atoms with van der Waals surface area (Å²) in [6.07, 6.45) is 0. The van der Waals surface area contributed by atoms with Crippen LogP contribution < -0.4 is 0 Å². The fourth-order valence-electron chi connectivity index (χ4n) is 1.96. The molecule has 4 heteroatoms. The Morgan fingerprint density at radius 1 is 1.00 bits per heavy atom. The first-order chi connectivity index (χ1) is 9.25. The Morgan fingerprint density at radius 2 is 1.79 bits per heavy atom. The Balaban J connectivity index is 2.05. The maximum atomic E-state index is 4.57. The Kier molecular flexibility index (Phi) is 3.17. The number of nitrogens with zero attached hydrogens (tertiary/aromatic N) is 2. The Labute approximate surface area is 119 Å². The molecule has 0 aliphatic heterocycles. The molecule has 0 saturated heterocycles. The van der Waals surface area contributed by atoms with Gasteiger partial charge in [0.1, 0.15) is 0 Å². The van der Waals surface area contributed by atoms with Gasteiger partial charge in [-0.15, -0.1) is 0 Å². The van der Waals surface area contributed by atoms with Crippen molar-refractivity contribution in [2.24, 2.45) is 0 Å². The van der Waals surface area contributed by atoms with E-state index >= 15 is 0 Å². The molecule has 1 heterocycles. The lowest BCUT2D eigenvalue weighted by Crippen LogP contribution is -1.86. The van der Waals surface area contributed by atoms with Gasteiger partial charge in [-0.3, -0.25) is 5.10 Å². The minimum Gasteiger partial charge on any atom is -0.259 e. The summed E-state index contributed by atoms with van der Waals surface area (Å²) in [5, 5.41) is 7.29. The van der Waals surface area contributed by atoms with Crippen LogP contribution in [0.2, 0.25) is 0 Å². The molecule has 3 aromatic rings. The second kappa shape index (κ2) is 4.97. The summed E-state index contributed by atoms with van der Waals surface area (Å²) >= 11 is 3.53. The van der Waals surface area contributed by atoms with Gasteiger partial charge in [-0.05, 0) is 18.6 Å². The molecule has 0 fully saturated rings. The van der Waals surface area contributed by atoms with E-state index in [2.05, 4.69) is 38.0 Å². The number of hydrogen-bond donors (Lipinski definition) is 1. The summed E-state index contributed by atoms with van der Waals surface area (Å²) in [5.74, 6) is 1.51. The van der Waals surface area contributed by atoms with Gasteiger partial charge in [0.2, 0.25) is 0 Å². The van der Waals surface area contributed by atoms with Gasteiger partial charge in [0, 0.05) is 15.6 Å². The summed E-state index contributed by atoms with van der Waals surface area (Å²) in [7, 11) is 0. The molecule has 1 N–H and O–H groups in total. The van der Waals surface area contributed by atoms with Gasteiger partial charge in [-0.2, -0.15) is 5.10 Å². The minimum atomic E-state index is 0.718. The van der Waals surface area contributed by atoms with Crippen LogP contribution >= 0.6 is 15.9 Å². The molecular formula is C15H12BrN3. The van der Waals surface area contributed by atoms with Gasteiger partial charge in [-0.1, -0.05) is 58.4 Å². The Hall–Kier alpha value is -1.94. The third-order valence-electron chi connectivity index (χ3n) is 3.04. The highest BCUT2D eigenvalue weighted by molar-refractivity contribution is 9.10. The fourth-order valence-corrected chi connectivity index (χ4v) is 2.33. The van der Waals surface area contributed by atoms with Crippen LogP contribution in [-0.4, -0.2) is 15.2 Å². The predicted octanol–water partition coefficient (Wildman–Crippen LogP) is 4.21. The third kappa shape index (κ3) is 2.31. The minimum absolute atomic E-state index is 0.718. The van der Waals surface area contributed by atoms with Crippen molar-refractivity contribution in [1.29, 1.82) is 0 Å². The van der Waals surface area contributed by atoms with Gasteiger partial charge in [0.15, 0.2) is 11.6 Å². The second-order valence-electron chi connectivity index (χ2n) is 4.29. The van der Waals surface area contributed by atoms with E-state index in [-0.39, 0.29) is 0 Å². The standard InChI is InChI=1S/C15H12BrN3/c1-10-12(8-5-9-13(10)16)15-17-14(18-19-15)11-6-3-2-4-7-11/h2-9H,1H3,(H,17,18,19). The molecule has 3 rings (SSSR count). The summed E-state index contributed by atoms with van der Waals surface area (Å²) in [6, 6.07) is 16.0. The van der Waals surface area contributed by atoms with Crippen LogP contribution in [-0.2, 0) is 0 Å². The zero-order valence-corrected chi connectivity index (χ0v) is 12.0. The molecule has 0 radical (unpaired) electrons. The van der Waals surface area contributed by atoms with Crippen LogP contribution in [0, 0.1) is 6.92 Å². The predicted molar refractivity (Wildman–Crippen MR) is 79.7 cm³/mol.